The Morgan fingerprint density at radius 3 is 2.69 bits per heavy atom. The Balaban J connectivity index is 1.32. The van der Waals surface area contributed by atoms with Crippen LogP contribution in [-0.2, 0) is 11.3 Å². The molecule has 0 spiro atoms. The Hall–Kier alpha value is -4.39. The van der Waals surface area contributed by atoms with Gasteiger partial charge in [-0.1, -0.05) is 17.7 Å². The fourth-order valence-corrected chi connectivity index (χ4v) is 4.29. The highest BCUT2D eigenvalue weighted by Gasteiger charge is 2.24. The second-order valence-electron chi connectivity index (χ2n) is 8.73. The third kappa shape index (κ3) is 5.43. The van der Waals surface area contributed by atoms with Gasteiger partial charge in [0.15, 0.2) is 11.6 Å². The largest absolute Gasteiger partial charge is 0.318 e. The number of benzene rings is 1. The molecule has 4 aromatic rings. The van der Waals surface area contributed by atoms with E-state index in [1.807, 2.05) is 0 Å². The Morgan fingerprint density at radius 1 is 1.18 bits per heavy atom. The van der Waals surface area contributed by atoms with E-state index >= 15 is 0 Å². The topological polar surface area (TPSA) is 119 Å². The van der Waals surface area contributed by atoms with E-state index in [0.29, 0.717) is 30.2 Å². The normalized spacial score (nSPS) is 13.4. The molecule has 0 radical (unpaired) electrons. The lowest BCUT2D eigenvalue weighted by Gasteiger charge is -2.13. The van der Waals surface area contributed by atoms with E-state index in [1.54, 1.807) is 23.2 Å². The van der Waals surface area contributed by atoms with Gasteiger partial charge in [0.25, 0.3) is 12.3 Å². The van der Waals surface area contributed by atoms with Gasteiger partial charge in [0.2, 0.25) is 5.91 Å². The van der Waals surface area contributed by atoms with Crippen LogP contribution in [0.4, 0.5) is 24.7 Å². The summed E-state index contributed by atoms with van der Waals surface area (Å²) in [5.74, 6) is -1.26. The van der Waals surface area contributed by atoms with Crippen LogP contribution >= 0.6 is 11.6 Å². The Bertz CT molecular complexity index is 1560. The zero-order valence-corrected chi connectivity index (χ0v) is 21.2. The van der Waals surface area contributed by atoms with Crippen LogP contribution in [0.2, 0.25) is 5.02 Å². The van der Waals surface area contributed by atoms with Gasteiger partial charge in [-0.2, -0.15) is 10.2 Å². The van der Waals surface area contributed by atoms with E-state index in [-0.39, 0.29) is 34.6 Å². The number of rotatable bonds is 7. The van der Waals surface area contributed by atoms with Crippen molar-refractivity contribution in [1.82, 2.24) is 29.9 Å². The third-order valence-corrected chi connectivity index (χ3v) is 6.35. The first kappa shape index (κ1) is 26.2. The fourth-order valence-electron chi connectivity index (χ4n) is 4.13. The summed E-state index contributed by atoms with van der Waals surface area (Å²) in [6, 6.07) is 5.49. The van der Waals surface area contributed by atoms with Crippen molar-refractivity contribution < 1.29 is 22.8 Å². The molecule has 3 aromatic heterocycles. The summed E-state index contributed by atoms with van der Waals surface area (Å²) in [5.41, 5.74) is -0.470. The Labute approximate surface area is 224 Å². The summed E-state index contributed by atoms with van der Waals surface area (Å²) in [6.45, 7) is 2.37. The van der Waals surface area contributed by atoms with Crippen LogP contribution in [-0.4, -0.2) is 48.3 Å². The molecule has 1 aliphatic rings. The van der Waals surface area contributed by atoms with Gasteiger partial charge in [-0.05, 0) is 31.5 Å². The predicted molar refractivity (Wildman–Crippen MR) is 135 cm³/mol. The van der Waals surface area contributed by atoms with E-state index in [4.69, 9.17) is 11.6 Å². The number of carbonyl (C=O) groups excluding carboxylic acids is 2. The highest BCUT2D eigenvalue weighted by molar-refractivity contribution is 6.31. The lowest BCUT2D eigenvalue weighted by molar-refractivity contribution is -0.117. The minimum absolute atomic E-state index is 0.0159. The number of halogens is 4. The Kier molecular flexibility index (Phi) is 7.24. The number of nitrogens with one attached hydrogen (secondary N) is 1. The molecule has 0 aliphatic carbocycles. The highest BCUT2D eigenvalue weighted by atomic mass is 35.5. The first-order chi connectivity index (χ1) is 18.7. The second kappa shape index (κ2) is 10.8. The van der Waals surface area contributed by atoms with E-state index in [2.05, 4.69) is 30.6 Å². The van der Waals surface area contributed by atoms with Gasteiger partial charge in [0.1, 0.15) is 5.69 Å². The quantitative estimate of drug-likeness (QED) is 0.353. The van der Waals surface area contributed by atoms with E-state index in [0.717, 1.165) is 24.8 Å². The number of alkyl halides is 2. The second-order valence-corrected chi connectivity index (χ2v) is 9.14. The molecule has 0 bridgehead atoms. The molecule has 1 saturated heterocycles. The SMILES string of the molecule is Cc1ncc(-c2c(C(F)F)ccc(Cl)c2F)nc1C(=O)Nc1cnn(Cc2ccc(N3CCCC3=O)nn2)c1. The Morgan fingerprint density at radius 2 is 2.00 bits per heavy atom. The lowest BCUT2D eigenvalue weighted by atomic mass is 10.0. The number of carbonyl (C=O) groups is 2. The summed E-state index contributed by atoms with van der Waals surface area (Å²) in [7, 11) is 0. The van der Waals surface area contributed by atoms with E-state index < -0.39 is 29.3 Å². The van der Waals surface area contributed by atoms with Crippen molar-refractivity contribution in [3.05, 3.63) is 76.3 Å². The fraction of sp³-hybridized carbons (Fsp3) is 0.240. The molecule has 0 saturated carbocycles. The number of nitrogens with zero attached hydrogens (tertiary/aromatic N) is 7. The van der Waals surface area contributed by atoms with Crippen LogP contribution in [0.25, 0.3) is 11.3 Å². The van der Waals surface area contributed by atoms with Crippen LogP contribution in [0.1, 0.15) is 46.7 Å². The molecule has 1 fully saturated rings. The van der Waals surface area contributed by atoms with Crippen LogP contribution in [0, 0.1) is 12.7 Å². The maximum Gasteiger partial charge on any atom is 0.276 e. The zero-order chi connectivity index (χ0) is 27.7. The summed E-state index contributed by atoms with van der Waals surface area (Å²) in [5, 5.41) is 14.7. The van der Waals surface area contributed by atoms with Crippen LogP contribution in [0.3, 0.4) is 0 Å². The minimum atomic E-state index is -3.00. The number of hydrogen-bond donors (Lipinski definition) is 1. The van der Waals surface area contributed by atoms with Gasteiger partial charge in [-0.3, -0.25) is 24.2 Å². The molecule has 2 amide bonds. The van der Waals surface area contributed by atoms with Crippen molar-refractivity contribution in [2.45, 2.75) is 32.7 Å². The molecule has 200 valence electrons. The molecule has 1 aromatic carbocycles. The summed E-state index contributed by atoms with van der Waals surface area (Å²) in [4.78, 5) is 34.6. The predicted octanol–water partition coefficient (Wildman–Crippen LogP) is 4.60. The molecule has 0 unspecified atom stereocenters. The van der Waals surface area contributed by atoms with Gasteiger partial charge < -0.3 is 5.32 Å². The number of amides is 2. The first-order valence-electron chi connectivity index (χ1n) is 11.8. The van der Waals surface area contributed by atoms with E-state index in [1.165, 1.54) is 17.8 Å². The minimum Gasteiger partial charge on any atom is -0.318 e. The van der Waals surface area contributed by atoms with Gasteiger partial charge in [0, 0.05) is 30.3 Å². The average molecular weight is 557 g/mol. The highest BCUT2D eigenvalue weighted by Crippen LogP contribution is 2.35. The maximum atomic E-state index is 14.7. The standard InChI is InChI=1S/C25H20ClF3N8O2/c1-13-23(33-18(10-30-13)21-16(24(28)29)5-6-17(26)22(21)27)25(39)32-15-9-31-36(12-15)11-14-4-7-19(35-34-14)37-8-2-3-20(37)38/h4-7,9-10,12,24H,2-3,8,11H2,1H3,(H,32,39). The van der Waals surface area contributed by atoms with Crippen LogP contribution < -0.4 is 10.2 Å². The molecule has 1 aliphatic heterocycles. The van der Waals surface area contributed by atoms with Gasteiger partial charge >= 0.3 is 0 Å². The molecule has 0 atom stereocenters. The molecule has 39 heavy (non-hydrogen) atoms. The zero-order valence-electron chi connectivity index (χ0n) is 20.4. The monoisotopic (exact) mass is 556 g/mol. The van der Waals surface area contributed by atoms with E-state index in [9.17, 15) is 22.8 Å². The molecule has 4 heterocycles. The number of anilines is 2. The summed E-state index contributed by atoms with van der Waals surface area (Å²) in [6.07, 6.45) is 2.34. The lowest BCUT2D eigenvalue weighted by Crippen LogP contribution is -2.25. The molecule has 14 heteroatoms. The smallest absolute Gasteiger partial charge is 0.276 e. The van der Waals surface area contributed by atoms with Gasteiger partial charge in [-0.15, -0.1) is 5.10 Å². The van der Waals surface area contributed by atoms with Crippen molar-refractivity contribution in [3.8, 4) is 11.3 Å². The number of aryl methyl sites for hydroxylation is 1. The van der Waals surface area contributed by atoms with Crippen molar-refractivity contribution in [2.75, 3.05) is 16.8 Å². The third-order valence-electron chi connectivity index (χ3n) is 6.06. The number of aromatic nitrogens is 6. The molecule has 1 N–H and O–H groups in total. The van der Waals surface area contributed by atoms with Crippen LogP contribution in [0.15, 0.2) is 42.9 Å². The van der Waals surface area contributed by atoms with Crippen molar-refractivity contribution in [1.29, 1.82) is 0 Å². The van der Waals surface area contributed by atoms with Crippen molar-refractivity contribution in [2.24, 2.45) is 0 Å². The van der Waals surface area contributed by atoms with Gasteiger partial charge in [-0.25, -0.2) is 18.2 Å². The first-order valence-corrected chi connectivity index (χ1v) is 12.2. The summed E-state index contributed by atoms with van der Waals surface area (Å²) >= 11 is 5.80. The molecular formula is C25H20ClF3N8O2. The summed E-state index contributed by atoms with van der Waals surface area (Å²) < 4.78 is 43.3. The molecular weight excluding hydrogens is 537 g/mol. The van der Waals surface area contributed by atoms with Crippen LogP contribution in [0.5, 0.6) is 0 Å². The molecule has 5 rings (SSSR count). The average Bonchev–Trinajstić information content (AvgIpc) is 3.54. The van der Waals surface area contributed by atoms with Crippen molar-refractivity contribution in [3.63, 3.8) is 0 Å². The van der Waals surface area contributed by atoms with Crippen molar-refractivity contribution >= 4 is 34.9 Å². The number of hydrogen-bond acceptors (Lipinski definition) is 7. The van der Waals surface area contributed by atoms with Gasteiger partial charge in [0.05, 0.1) is 46.7 Å². The molecule has 10 nitrogen and oxygen atoms in total. The maximum absolute atomic E-state index is 14.7.